The minimum absolute atomic E-state index is 0.235. The maximum atomic E-state index is 9.82. The molecule has 1 fully saturated rings. The number of aliphatic hydroxyl groups is 1. The van der Waals surface area contributed by atoms with Crippen LogP contribution in [0, 0.1) is 11.3 Å². The van der Waals surface area contributed by atoms with Gasteiger partial charge in [0.05, 0.1) is 11.7 Å². The van der Waals surface area contributed by atoms with Crippen LogP contribution in [-0.4, -0.2) is 41.8 Å². The average molecular weight is 274 g/mol. The van der Waals surface area contributed by atoms with Gasteiger partial charge in [0.2, 0.25) is 0 Å². The van der Waals surface area contributed by atoms with E-state index in [4.69, 9.17) is 10.00 Å². The Labute approximate surface area is 120 Å². The van der Waals surface area contributed by atoms with Gasteiger partial charge in [-0.3, -0.25) is 4.90 Å². The number of ether oxygens (including phenoxy) is 1. The predicted octanol–water partition coefficient (Wildman–Crippen LogP) is 2.17. The first-order valence-electron chi connectivity index (χ1n) is 7.26. The zero-order valence-electron chi connectivity index (χ0n) is 12.0. The van der Waals surface area contributed by atoms with Crippen molar-refractivity contribution in [2.45, 2.75) is 38.3 Å². The number of hydrogen-bond acceptors (Lipinski definition) is 4. The maximum Gasteiger partial charge on any atom is 0.137 e. The van der Waals surface area contributed by atoms with Gasteiger partial charge in [0.25, 0.3) is 0 Å². The van der Waals surface area contributed by atoms with Gasteiger partial charge in [-0.2, -0.15) is 5.26 Å². The Morgan fingerprint density at radius 3 is 3.00 bits per heavy atom. The van der Waals surface area contributed by atoms with E-state index >= 15 is 0 Å². The summed E-state index contributed by atoms with van der Waals surface area (Å²) in [6.07, 6.45) is 3.11. The lowest BCUT2D eigenvalue weighted by molar-refractivity contribution is 0.0293. The minimum atomic E-state index is -0.304. The molecule has 0 amide bonds. The highest BCUT2D eigenvalue weighted by Crippen LogP contribution is 2.20. The van der Waals surface area contributed by atoms with Crippen LogP contribution in [-0.2, 0) is 0 Å². The van der Waals surface area contributed by atoms with E-state index in [1.54, 1.807) is 6.07 Å². The molecule has 1 aliphatic rings. The predicted molar refractivity (Wildman–Crippen MR) is 77.5 cm³/mol. The second-order valence-electron chi connectivity index (χ2n) is 5.30. The number of para-hydroxylation sites is 1. The van der Waals surface area contributed by atoms with Crippen molar-refractivity contribution >= 4 is 0 Å². The van der Waals surface area contributed by atoms with Gasteiger partial charge in [-0.25, -0.2) is 0 Å². The fraction of sp³-hybridized carbons (Fsp3) is 0.562. The Bertz CT molecular complexity index is 468. The first kappa shape index (κ1) is 14.8. The van der Waals surface area contributed by atoms with Gasteiger partial charge in [-0.15, -0.1) is 0 Å². The Morgan fingerprint density at radius 2 is 2.25 bits per heavy atom. The molecule has 1 aromatic rings. The van der Waals surface area contributed by atoms with Gasteiger partial charge in [0.1, 0.15) is 18.4 Å². The van der Waals surface area contributed by atoms with Crippen molar-refractivity contribution in [1.82, 2.24) is 4.90 Å². The van der Waals surface area contributed by atoms with Crippen molar-refractivity contribution in [2.75, 3.05) is 19.7 Å². The third kappa shape index (κ3) is 3.72. The molecule has 1 saturated heterocycles. The van der Waals surface area contributed by atoms with E-state index < -0.39 is 0 Å². The molecule has 0 aromatic heterocycles. The van der Waals surface area contributed by atoms with E-state index in [0.717, 1.165) is 19.5 Å². The van der Waals surface area contributed by atoms with Crippen molar-refractivity contribution in [3.05, 3.63) is 29.8 Å². The molecule has 1 aliphatic heterocycles. The summed E-state index contributed by atoms with van der Waals surface area (Å²) >= 11 is 0. The van der Waals surface area contributed by atoms with Gasteiger partial charge < -0.3 is 9.84 Å². The molecule has 2 rings (SSSR count). The van der Waals surface area contributed by atoms with Crippen LogP contribution in [0.4, 0.5) is 0 Å². The zero-order chi connectivity index (χ0) is 14.4. The quantitative estimate of drug-likeness (QED) is 0.894. The Kier molecular flexibility index (Phi) is 5.40. The SMILES string of the molecule is CC(O)C1CCCCN1CCOc1ccccc1C#N. The molecular weight excluding hydrogens is 252 g/mol. The lowest BCUT2D eigenvalue weighted by Crippen LogP contribution is -2.47. The first-order chi connectivity index (χ1) is 9.72. The van der Waals surface area contributed by atoms with Crippen LogP contribution in [0.25, 0.3) is 0 Å². The highest BCUT2D eigenvalue weighted by Gasteiger charge is 2.25. The van der Waals surface area contributed by atoms with E-state index in [0.29, 0.717) is 17.9 Å². The summed E-state index contributed by atoms with van der Waals surface area (Å²) in [7, 11) is 0. The van der Waals surface area contributed by atoms with Crippen molar-refractivity contribution in [3.8, 4) is 11.8 Å². The minimum Gasteiger partial charge on any atom is -0.491 e. The molecule has 1 N–H and O–H groups in total. The summed E-state index contributed by atoms with van der Waals surface area (Å²) < 4.78 is 5.71. The number of nitrogens with zero attached hydrogens (tertiary/aromatic N) is 2. The first-order valence-corrected chi connectivity index (χ1v) is 7.26. The number of likely N-dealkylation sites (tertiary alicyclic amines) is 1. The summed E-state index contributed by atoms with van der Waals surface area (Å²) in [5.74, 6) is 0.639. The highest BCUT2D eigenvalue weighted by atomic mass is 16.5. The third-order valence-corrected chi connectivity index (χ3v) is 3.86. The summed E-state index contributed by atoms with van der Waals surface area (Å²) in [5, 5.41) is 18.8. The Balaban J connectivity index is 1.87. The van der Waals surface area contributed by atoms with Crippen LogP contribution >= 0.6 is 0 Å². The van der Waals surface area contributed by atoms with Gasteiger partial charge in [-0.1, -0.05) is 18.6 Å². The molecule has 0 saturated carbocycles. The monoisotopic (exact) mass is 274 g/mol. The average Bonchev–Trinajstić information content (AvgIpc) is 2.48. The van der Waals surface area contributed by atoms with Gasteiger partial charge in [0, 0.05) is 12.6 Å². The Morgan fingerprint density at radius 1 is 1.45 bits per heavy atom. The molecule has 4 nitrogen and oxygen atoms in total. The number of hydrogen-bond donors (Lipinski definition) is 1. The van der Waals surface area contributed by atoms with Crippen LogP contribution in [0.15, 0.2) is 24.3 Å². The molecule has 108 valence electrons. The van der Waals surface area contributed by atoms with Gasteiger partial charge >= 0.3 is 0 Å². The van der Waals surface area contributed by atoms with Crippen molar-refractivity contribution in [3.63, 3.8) is 0 Å². The van der Waals surface area contributed by atoms with Crippen LogP contribution in [0.2, 0.25) is 0 Å². The molecule has 4 heteroatoms. The number of benzene rings is 1. The molecule has 0 radical (unpaired) electrons. The fourth-order valence-electron chi connectivity index (χ4n) is 2.80. The van der Waals surface area contributed by atoms with Crippen molar-refractivity contribution in [1.29, 1.82) is 5.26 Å². The highest BCUT2D eigenvalue weighted by molar-refractivity contribution is 5.42. The number of rotatable bonds is 5. The molecule has 1 aromatic carbocycles. The van der Waals surface area contributed by atoms with E-state index in [2.05, 4.69) is 11.0 Å². The molecular formula is C16H22N2O2. The number of nitriles is 1. The summed E-state index contributed by atoms with van der Waals surface area (Å²) in [6, 6.07) is 9.65. The molecule has 1 heterocycles. The molecule has 2 unspecified atom stereocenters. The zero-order valence-corrected chi connectivity index (χ0v) is 12.0. The smallest absolute Gasteiger partial charge is 0.137 e. The molecule has 0 bridgehead atoms. The molecule has 0 aliphatic carbocycles. The van der Waals surface area contributed by atoms with E-state index in [9.17, 15) is 5.11 Å². The second kappa shape index (κ2) is 7.28. The molecule has 20 heavy (non-hydrogen) atoms. The summed E-state index contributed by atoms with van der Waals surface area (Å²) in [6.45, 7) is 4.20. The van der Waals surface area contributed by atoms with Crippen LogP contribution in [0.5, 0.6) is 5.75 Å². The standard InChI is InChI=1S/C16H22N2O2/c1-13(19)15-7-4-5-9-18(15)10-11-20-16-8-3-2-6-14(16)12-17/h2-3,6,8,13,15,19H,4-5,7,9-11H2,1H3. The van der Waals surface area contributed by atoms with Crippen LogP contribution in [0.1, 0.15) is 31.7 Å². The lowest BCUT2D eigenvalue weighted by atomic mass is 9.98. The summed E-state index contributed by atoms with van der Waals surface area (Å²) in [5.41, 5.74) is 0.568. The van der Waals surface area contributed by atoms with E-state index in [1.165, 1.54) is 12.8 Å². The number of piperidine rings is 1. The largest absolute Gasteiger partial charge is 0.491 e. The van der Waals surface area contributed by atoms with Crippen molar-refractivity contribution < 1.29 is 9.84 Å². The maximum absolute atomic E-state index is 9.82. The summed E-state index contributed by atoms with van der Waals surface area (Å²) in [4.78, 5) is 2.29. The van der Waals surface area contributed by atoms with Crippen molar-refractivity contribution in [2.24, 2.45) is 0 Å². The van der Waals surface area contributed by atoms with Crippen LogP contribution in [0.3, 0.4) is 0 Å². The number of aliphatic hydroxyl groups excluding tert-OH is 1. The Hall–Kier alpha value is -1.57. The lowest BCUT2D eigenvalue weighted by Gasteiger charge is -2.37. The normalized spacial score (nSPS) is 21.1. The molecule has 2 atom stereocenters. The van der Waals surface area contributed by atoms with Gasteiger partial charge in [-0.05, 0) is 38.4 Å². The fourth-order valence-corrected chi connectivity index (χ4v) is 2.80. The topological polar surface area (TPSA) is 56.5 Å². The second-order valence-corrected chi connectivity index (χ2v) is 5.30. The third-order valence-electron chi connectivity index (χ3n) is 3.86. The molecule has 0 spiro atoms. The van der Waals surface area contributed by atoms with Crippen LogP contribution < -0.4 is 4.74 Å². The van der Waals surface area contributed by atoms with E-state index in [1.807, 2.05) is 25.1 Å². The van der Waals surface area contributed by atoms with E-state index in [-0.39, 0.29) is 12.1 Å². The van der Waals surface area contributed by atoms with Gasteiger partial charge in [0.15, 0.2) is 0 Å².